The average molecular weight is 507 g/mol. The van der Waals surface area contributed by atoms with Crippen molar-refractivity contribution in [3.63, 3.8) is 0 Å². The van der Waals surface area contributed by atoms with Gasteiger partial charge in [0.25, 0.3) is 0 Å². The molecule has 0 unspecified atom stereocenters. The van der Waals surface area contributed by atoms with Gasteiger partial charge in [-0.15, -0.1) is 0 Å². The molecule has 0 spiro atoms. The Morgan fingerprint density at radius 3 is 2.06 bits per heavy atom. The summed E-state index contributed by atoms with van der Waals surface area (Å²) in [5.74, 6) is -0.125. The minimum absolute atomic E-state index is 0.0191. The Morgan fingerprint density at radius 1 is 0.848 bits per heavy atom. The summed E-state index contributed by atoms with van der Waals surface area (Å²) in [6.07, 6.45) is 2.32. The molecule has 5 heteroatoms. The maximum absolute atomic E-state index is 13.5. The highest BCUT2D eigenvalue weighted by atomic mass is 79.9. The van der Waals surface area contributed by atoms with Crippen LogP contribution in [0.2, 0.25) is 0 Å². The molecule has 0 aliphatic heterocycles. The average Bonchev–Trinajstić information content (AvgIpc) is 2.85. The third kappa shape index (κ3) is 7.86. The summed E-state index contributed by atoms with van der Waals surface area (Å²) >= 11 is 3.47. The molecule has 172 valence electrons. The molecule has 33 heavy (non-hydrogen) atoms. The van der Waals surface area contributed by atoms with Crippen molar-refractivity contribution in [3.8, 4) is 0 Å². The fourth-order valence-electron chi connectivity index (χ4n) is 3.75. The van der Waals surface area contributed by atoms with Crippen molar-refractivity contribution < 1.29 is 9.59 Å². The Hall–Kier alpha value is -2.92. The van der Waals surface area contributed by atoms with Crippen LogP contribution < -0.4 is 5.32 Å². The quantitative estimate of drug-likeness (QED) is 0.370. The summed E-state index contributed by atoms with van der Waals surface area (Å²) in [4.78, 5) is 28.5. The first kappa shape index (κ1) is 24.7. The second-order valence-electron chi connectivity index (χ2n) is 8.13. The van der Waals surface area contributed by atoms with E-state index in [2.05, 4.69) is 21.2 Å². The summed E-state index contributed by atoms with van der Waals surface area (Å²) in [7, 11) is 0. The van der Waals surface area contributed by atoms with Gasteiger partial charge in [0.05, 0.1) is 0 Å². The molecule has 0 aromatic heterocycles. The molecule has 0 aliphatic rings. The molecule has 1 N–H and O–H groups in total. The number of hydrogen-bond acceptors (Lipinski definition) is 2. The van der Waals surface area contributed by atoms with E-state index in [0.717, 1.165) is 27.6 Å². The molecule has 3 aromatic carbocycles. The van der Waals surface area contributed by atoms with E-state index in [1.807, 2.05) is 91.9 Å². The van der Waals surface area contributed by atoms with E-state index < -0.39 is 6.04 Å². The van der Waals surface area contributed by atoms with Gasteiger partial charge >= 0.3 is 0 Å². The standard InChI is InChI=1S/C28H31BrN2O2/c1-2-19-30-28(33)26(20-23-11-7-4-8-12-23)31(21-24-13-16-25(29)17-14-24)27(32)18-15-22-9-5-3-6-10-22/h3-14,16-17,26H,2,15,18-21H2,1H3,(H,30,33)/t26-/m0/s1. The van der Waals surface area contributed by atoms with Crippen LogP contribution in [0.5, 0.6) is 0 Å². The van der Waals surface area contributed by atoms with E-state index >= 15 is 0 Å². The number of nitrogens with zero attached hydrogens (tertiary/aromatic N) is 1. The van der Waals surface area contributed by atoms with Gasteiger partial charge < -0.3 is 10.2 Å². The summed E-state index contributed by atoms with van der Waals surface area (Å²) in [6.45, 7) is 3.00. The molecule has 0 aliphatic carbocycles. The van der Waals surface area contributed by atoms with Crippen LogP contribution in [0.4, 0.5) is 0 Å². The number of halogens is 1. The van der Waals surface area contributed by atoms with Crippen molar-refractivity contribution in [2.75, 3.05) is 6.54 Å². The number of carbonyl (C=O) groups excluding carboxylic acids is 2. The summed E-state index contributed by atoms with van der Waals surface area (Å²) in [6, 6.07) is 27.2. The van der Waals surface area contributed by atoms with Crippen molar-refractivity contribution in [3.05, 3.63) is 106 Å². The van der Waals surface area contributed by atoms with E-state index in [0.29, 0.717) is 32.4 Å². The molecule has 2 amide bonds. The fourth-order valence-corrected chi connectivity index (χ4v) is 4.01. The lowest BCUT2D eigenvalue weighted by atomic mass is 10.0. The van der Waals surface area contributed by atoms with Crippen LogP contribution >= 0.6 is 15.9 Å². The first-order valence-electron chi connectivity index (χ1n) is 11.5. The summed E-state index contributed by atoms with van der Waals surface area (Å²) in [5, 5.41) is 3.02. The number of hydrogen-bond donors (Lipinski definition) is 1. The normalized spacial score (nSPS) is 11.6. The molecule has 3 rings (SSSR count). The maximum atomic E-state index is 13.5. The molecule has 0 saturated heterocycles. The van der Waals surface area contributed by atoms with Crippen molar-refractivity contribution >= 4 is 27.7 Å². The van der Waals surface area contributed by atoms with Gasteiger partial charge in [-0.05, 0) is 41.7 Å². The first-order valence-corrected chi connectivity index (χ1v) is 12.3. The molecule has 3 aromatic rings. The SMILES string of the molecule is CCCNC(=O)[C@H](Cc1ccccc1)N(Cc1ccc(Br)cc1)C(=O)CCc1ccccc1. The molecule has 0 saturated carbocycles. The van der Waals surface area contributed by atoms with Gasteiger partial charge in [0, 0.05) is 30.4 Å². The van der Waals surface area contributed by atoms with Gasteiger partial charge in [0.2, 0.25) is 11.8 Å². The van der Waals surface area contributed by atoms with E-state index in [1.165, 1.54) is 0 Å². The van der Waals surface area contributed by atoms with Crippen LogP contribution in [0.3, 0.4) is 0 Å². The Bertz CT molecular complexity index is 1010. The third-order valence-corrected chi connectivity index (χ3v) is 6.09. The van der Waals surface area contributed by atoms with Crippen LogP contribution in [0, 0.1) is 0 Å². The monoisotopic (exact) mass is 506 g/mol. The van der Waals surface area contributed by atoms with Crippen LogP contribution in [-0.4, -0.2) is 29.3 Å². The Labute approximate surface area is 205 Å². The highest BCUT2D eigenvalue weighted by Gasteiger charge is 2.30. The Balaban J connectivity index is 1.87. The lowest BCUT2D eigenvalue weighted by molar-refractivity contribution is -0.141. The van der Waals surface area contributed by atoms with Gasteiger partial charge in [-0.1, -0.05) is 95.7 Å². The lowest BCUT2D eigenvalue weighted by Crippen LogP contribution is -2.50. The molecule has 1 atom stereocenters. The van der Waals surface area contributed by atoms with Crippen LogP contribution in [0.25, 0.3) is 0 Å². The Morgan fingerprint density at radius 2 is 1.45 bits per heavy atom. The number of carbonyl (C=O) groups is 2. The Kier molecular flexibility index (Phi) is 9.70. The molecular formula is C28H31BrN2O2. The van der Waals surface area contributed by atoms with Crippen molar-refractivity contribution in [2.24, 2.45) is 0 Å². The predicted molar refractivity (Wildman–Crippen MR) is 137 cm³/mol. The third-order valence-electron chi connectivity index (χ3n) is 5.56. The zero-order valence-electron chi connectivity index (χ0n) is 19.0. The minimum atomic E-state index is -0.578. The van der Waals surface area contributed by atoms with Gasteiger partial charge in [-0.2, -0.15) is 0 Å². The van der Waals surface area contributed by atoms with Gasteiger partial charge in [0.1, 0.15) is 6.04 Å². The lowest BCUT2D eigenvalue weighted by Gasteiger charge is -2.31. The van der Waals surface area contributed by atoms with E-state index in [1.54, 1.807) is 4.90 Å². The first-order chi connectivity index (χ1) is 16.1. The van der Waals surface area contributed by atoms with Crippen LogP contribution in [0.15, 0.2) is 89.4 Å². The van der Waals surface area contributed by atoms with Gasteiger partial charge in [-0.25, -0.2) is 0 Å². The van der Waals surface area contributed by atoms with Crippen molar-refractivity contribution in [1.82, 2.24) is 10.2 Å². The molecule has 0 radical (unpaired) electrons. The van der Waals surface area contributed by atoms with E-state index in [9.17, 15) is 9.59 Å². The molecule has 0 bridgehead atoms. The topological polar surface area (TPSA) is 49.4 Å². The summed E-state index contributed by atoms with van der Waals surface area (Å²) in [5.41, 5.74) is 3.14. The molecule has 0 fully saturated rings. The number of rotatable bonds is 11. The maximum Gasteiger partial charge on any atom is 0.243 e. The smallest absolute Gasteiger partial charge is 0.243 e. The number of amides is 2. The number of benzene rings is 3. The molecular weight excluding hydrogens is 476 g/mol. The second-order valence-corrected chi connectivity index (χ2v) is 9.05. The predicted octanol–water partition coefficient (Wildman–Crippen LogP) is 5.55. The fraction of sp³-hybridized carbons (Fsp3) is 0.286. The van der Waals surface area contributed by atoms with Crippen molar-refractivity contribution in [1.29, 1.82) is 0 Å². The van der Waals surface area contributed by atoms with Gasteiger partial charge in [-0.3, -0.25) is 9.59 Å². The highest BCUT2D eigenvalue weighted by Crippen LogP contribution is 2.18. The summed E-state index contributed by atoms with van der Waals surface area (Å²) < 4.78 is 0.981. The largest absolute Gasteiger partial charge is 0.354 e. The van der Waals surface area contributed by atoms with Gasteiger partial charge in [0.15, 0.2) is 0 Å². The molecule has 4 nitrogen and oxygen atoms in total. The number of aryl methyl sites for hydroxylation is 1. The van der Waals surface area contributed by atoms with Crippen LogP contribution in [0.1, 0.15) is 36.5 Å². The van der Waals surface area contributed by atoms with Crippen LogP contribution in [-0.2, 0) is 29.0 Å². The van der Waals surface area contributed by atoms with Crippen molar-refractivity contribution in [2.45, 2.75) is 45.2 Å². The molecule has 0 heterocycles. The minimum Gasteiger partial charge on any atom is -0.354 e. The van der Waals surface area contributed by atoms with E-state index in [-0.39, 0.29) is 11.8 Å². The van der Waals surface area contributed by atoms with E-state index in [4.69, 9.17) is 0 Å². The zero-order chi connectivity index (χ0) is 23.5. The number of nitrogens with one attached hydrogen (secondary N) is 1. The zero-order valence-corrected chi connectivity index (χ0v) is 20.6. The second kappa shape index (κ2) is 12.9. The highest BCUT2D eigenvalue weighted by molar-refractivity contribution is 9.10.